The summed E-state index contributed by atoms with van der Waals surface area (Å²) in [6.07, 6.45) is 5.94. The van der Waals surface area contributed by atoms with E-state index in [1.165, 1.54) is 42.3 Å². The summed E-state index contributed by atoms with van der Waals surface area (Å²) in [6, 6.07) is 8.54. The van der Waals surface area contributed by atoms with Crippen LogP contribution in [0.2, 0.25) is 0 Å². The Bertz CT molecular complexity index is 448. The van der Waals surface area contributed by atoms with E-state index in [4.69, 9.17) is 0 Å². The number of hydrogen-bond donors (Lipinski definition) is 2. The number of fused-ring (bicyclic) bond motifs is 1. The number of unbranched alkanes of at least 4 members (excludes halogenated alkanes) is 1. The maximum absolute atomic E-state index is 3.33. The standard InChI is InChI=1S/C14H20N2.ClH/c1-16(2)10-6-5-7-12-11-15-14-9-4-3-8-13(12)14;/h3-4,8-9,11,15H,5-7,10H2,1-2H3;1H. The van der Waals surface area contributed by atoms with Gasteiger partial charge in [0.15, 0.2) is 0 Å². The highest BCUT2D eigenvalue weighted by Crippen LogP contribution is 2.19. The second kappa shape index (κ2) is 6.67. The van der Waals surface area contributed by atoms with E-state index in [0.717, 1.165) is 0 Å². The van der Waals surface area contributed by atoms with Crippen molar-refractivity contribution in [3.63, 3.8) is 0 Å². The predicted octanol–water partition coefficient (Wildman–Crippen LogP) is -1.36. The van der Waals surface area contributed by atoms with Gasteiger partial charge in [-0.1, -0.05) is 18.2 Å². The van der Waals surface area contributed by atoms with E-state index in [1.54, 1.807) is 4.90 Å². The van der Waals surface area contributed by atoms with E-state index in [0.29, 0.717) is 0 Å². The van der Waals surface area contributed by atoms with Crippen LogP contribution in [-0.4, -0.2) is 25.6 Å². The van der Waals surface area contributed by atoms with Gasteiger partial charge in [-0.05, 0) is 30.9 Å². The van der Waals surface area contributed by atoms with Crippen LogP contribution in [0.5, 0.6) is 0 Å². The van der Waals surface area contributed by atoms with Crippen molar-refractivity contribution in [3.05, 3.63) is 36.0 Å². The van der Waals surface area contributed by atoms with Crippen molar-refractivity contribution in [3.8, 4) is 0 Å². The lowest BCUT2D eigenvalue weighted by atomic mass is 10.1. The van der Waals surface area contributed by atoms with E-state index in [2.05, 4.69) is 49.5 Å². The zero-order valence-corrected chi connectivity index (χ0v) is 11.3. The molecule has 0 saturated heterocycles. The molecule has 0 spiro atoms. The highest BCUT2D eigenvalue weighted by molar-refractivity contribution is 5.82. The van der Waals surface area contributed by atoms with Crippen LogP contribution in [0.15, 0.2) is 30.5 Å². The molecule has 0 bridgehead atoms. The van der Waals surface area contributed by atoms with Crippen molar-refractivity contribution in [1.29, 1.82) is 0 Å². The number of aryl methyl sites for hydroxylation is 1. The molecule has 0 aliphatic heterocycles. The van der Waals surface area contributed by atoms with Crippen molar-refractivity contribution in [1.82, 2.24) is 4.98 Å². The lowest BCUT2D eigenvalue weighted by Gasteiger charge is -2.06. The largest absolute Gasteiger partial charge is 1.00 e. The van der Waals surface area contributed by atoms with E-state index in [-0.39, 0.29) is 12.4 Å². The lowest BCUT2D eigenvalue weighted by molar-refractivity contribution is -0.858. The fourth-order valence-electron chi connectivity index (χ4n) is 2.13. The fourth-order valence-corrected chi connectivity index (χ4v) is 2.13. The summed E-state index contributed by atoms with van der Waals surface area (Å²) in [5, 5.41) is 1.39. The van der Waals surface area contributed by atoms with Crippen molar-refractivity contribution in [2.24, 2.45) is 0 Å². The average molecular weight is 253 g/mol. The van der Waals surface area contributed by atoms with E-state index in [1.807, 2.05) is 0 Å². The molecule has 2 aromatic rings. The maximum atomic E-state index is 3.33. The van der Waals surface area contributed by atoms with Crippen LogP contribution in [0.25, 0.3) is 10.9 Å². The highest BCUT2D eigenvalue weighted by atomic mass is 35.5. The van der Waals surface area contributed by atoms with Crippen molar-refractivity contribution in [2.75, 3.05) is 20.6 Å². The first-order valence-electron chi connectivity index (χ1n) is 6.11. The monoisotopic (exact) mass is 252 g/mol. The van der Waals surface area contributed by atoms with Crippen LogP contribution < -0.4 is 17.3 Å². The van der Waals surface area contributed by atoms with Crippen molar-refractivity contribution >= 4 is 10.9 Å². The third kappa shape index (κ3) is 3.76. The molecule has 0 fully saturated rings. The Labute approximate surface area is 109 Å². The molecule has 0 aliphatic carbocycles. The number of rotatable bonds is 5. The van der Waals surface area contributed by atoms with Gasteiger partial charge in [0.2, 0.25) is 0 Å². The number of quaternary nitrogens is 1. The molecular weight excluding hydrogens is 232 g/mol. The Hall–Kier alpha value is -0.990. The molecule has 1 aromatic carbocycles. The zero-order chi connectivity index (χ0) is 11.4. The summed E-state index contributed by atoms with van der Waals surface area (Å²) < 4.78 is 0. The second-order valence-corrected chi connectivity index (χ2v) is 4.77. The van der Waals surface area contributed by atoms with Gasteiger partial charge < -0.3 is 22.3 Å². The van der Waals surface area contributed by atoms with Crippen LogP contribution in [0.4, 0.5) is 0 Å². The van der Waals surface area contributed by atoms with Gasteiger partial charge >= 0.3 is 0 Å². The minimum atomic E-state index is 0. The summed E-state index contributed by atoms with van der Waals surface area (Å²) in [7, 11) is 4.43. The van der Waals surface area contributed by atoms with Gasteiger partial charge in [0.05, 0.1) is 20.6 Å². The molecule has 1 aromatic heterocycles. The minimum absolute atomic E-state index is 0. The third-order valence-corrected chi connectivity index (χ3v) is 3.05. The third-order valence-electron chi connectivity index (χ3n) is 3.05. The van der Waals surface area contributed by atoms with E-state index >= 15 is 0 Å². The topological polar surface area (TPSA) is 20.2 Å². The lowest BCUT2D eigenvalue weighted by Crippen LogP contribution is -3.05. The smallest absolute Gasteiger partial charge is 0.0766 e. The van der Waals surface area contributed by atoms with Crippen LogP contribution in [0.1, 0.15) is 18.4 Å². The number of aromatic amines is 1. The molecule has 2 N–H and O–H groups in total. The van der Waals surface area contributed by atoms with Gasteiger partial charge in [-0.3, -0.25) is 0 Å². The number of H-pyrrole nitrogens is 1. The minimum Gasteiger partial charge on any atom is -1.00 e. The number of aromatic nitrogens is 1. The van der Waals surface area contributed by atoms with Gasteiger partial charge in [-0.15, -0.1) is 0 Å². The first kappa shape index (κ1) is 14.1. The molecule has 1 heterocycles. The van der Waals surface area contributed by atoms with Crippen LogP contribution >= 0.6 is 0 Å². The first-order valence-corrected chi connectivity index (χ1v) is 6.11. The van der Waals surface area contributed by atoms with Crippen LogP contribution in [0.3, 0.4) is 0 Å². The van der Waals surface area contributed by atoms with E-state index < -0.39 is 0 Å². The predicted molar refractivity (Wildman–Crippen MR) is 68.9 cm³/mol. The summed E-state index contributed by atoms with van der Waals surface area (Å²) in [5.74, 6) is 0. The molecule has 2 rings (SSSR count). The summed E-state index contributed by atoms with van der Waals surface area (Å²) in [4.78, 5) is 4.87. The Balaban J connectivity index is 0.00000144. The van der Waals surface area contributed by atoms with Gasteiger partial charge in [0.25, 0.3) is 0 Å². The van der Waals surface area contributed by atoms with Gasteiger partial charge in [-0.2, -0.15) is 0 Å². The molecule has 94 valence electrons. The molecule has 0 amide bonds. The molecule has 0 saturated carbocycles. The molecule has 0 atom stereocenters. The quantitative estimate of drug-likeness (QED) is 0.614. The Morgan fingerprint density at radius 3 is 2.65 bits per heavy atom. The summed E-state index contributed by atoms with van der Waals surface area (Å²) >= 11 is 0. The molecule has 17 heavy (non-hydrogen) atoms. The number of hydrogen-bond acceptors (Lipinski definition) is 0. The highest BCUT2D eigenvalue weighted by Gasteiger charge is 2.02. The molecular formula is C14H21ClN2. The van der Waals surface area contributed by atoms with Crippen LogP contribution in [0, 0.1) is 0 Å². The number of nitrogens with one attached hydrogen (secondary N) is 2. The Kier molecular flexibility index (Phi) is 5.52. The SMILES string of the molecule is C[NH+](C)CCCCc1c[nH]c2ccccc12.[Cl-]. The molecule has 3 heteroatoms. The van der Waals surface area contributed by atoms with Gasteiger partial charge in [0.1, 0.15) is 0 Å². The summed E-state index contributed by atoms with van der Waals surface area (Å²) in [5.41, 5.74) is 2.72. The molecule has 2 nitrogen and oxygen atoms in total. The fraction of sp³-hybridized carbons (Fsp3) is 0.429. The molecule has 0 unspecified atom stereocenters. The average Bonchev–Trinajstić information content (AvgIpc) is 2.68. The Morgan fingerprint density at radius 2 is 1.88 bits per heavy atom. The number of benzene rings is 1. The second-order valence-electron chi connectivity index (χ2n) is 4.77. The van der Waals surface area contributed by atoms with E-state index in [9.17, 15) is 0 Å². The number of para-hydroxylation sites is 1. The number of halogens is 1. The first-order chi connectivity index (χ1) is 7.77. The normalized spacial score (nSPS) is 10.8. The van der Waals surface area contributed by atoms with Gasteiger partial charge in [0, 0.05) is 17.1 Å². The Morgan fingerprint density at radius 1 is 1.12 bits per heavy atom. The van der Waals surface area contributed by atoms with Crippen molar-refractivity contribution < 1.29 is 17.3 Å². The summed E-state index contributed by atoms with van der Waals surface area (Å²) in [6.45, 7) is 1.27. The van der Waals surface area contributed by atoms with Gasteiger partial charge in [-0.25, -0.2) is 0 Å². The molecule has 0 aliphatic rings. The zero-order valence-electron chi connectivity index (χ0n) is 10.6. The van der Waals surface area contributed by atoms with Crippen LogP contribution in [-0.2, 0) is 6.42 Å². The van der Waals surface area contributed by atoms with Crippen molar-refractivity contribution in [2.45, 2.75) is 19.3 Å². The maximum Gasteiger partial charge on any atom is 0.0766 e. The molecule has 0 radical (unpaired) electrons.